The number of likely N-dealkylation sites (tertiary alicyclic amines) is 4. The topological polar surface area (TPSA) is 268 Å². The summed E-state index contributed by atoms with van der Waals surface area (Å²) in [6.07, 6.45) is 2.28. The molecule has 3 N–H and O–H groups in total. The lowest BCUT2D eigenvalue weighted by Gasteiger charge is -2.45. The van der Waals surface area contributed by atoms with Gasteiger partial charge in [-0.2, -0.15) is 8.42 Å². The minimum atomic E-state index is -3.92. The van der Waals surface area contributed by atoms with Crippen molar-refractivity contribution in [3.05, 3.63) is 29.8 Å². The van der Waals surface area contributed by atoms with E-state index in [1.54, 1.807) is 31.7 Å². The Morgan fingerprint density at radius 2 is 0.959 bits per heavy atom. The monoisotopic (exact) mass is 1070 g/mol. The summed E-state index contributed by atoms with van der Waals surface area (Å²) in [7, 11) is -3.92. The van der Waals surface area contributed by atoms with Gasteiger partial charge in [-0.3, -0.25) is 9.08 Å². The summed E-state index contributed by atoms with van der Waals surface area (Å²) in [5.74, 6) is -0.563. The predicted octanol–water partition coefficient (Wildman–Crippen LogP) is 8.24. The third-order valence-electron chi connectivity index (χ3n) is 10.8. The minimum Gasteiger partial charge on any atom is -0.444 e. The fraction of sp³-hybridized carbons (Fsp3) is 0.745. The predicted molar refractivity (Wildman–Crippen MR) is 279 cm³/mol. The van der Waals surface area contributed by atoms with Crippen molar-refractivity contribution in [1.29, 1.82) is 0 Å². The van der Waals surface area contributed by atoms with Crippen molar-refractivity contribution in [2.24, 2.45) is 16.0 Å². The van der Waals surface area contributed by atoms with Crippen LogP contribution in [0.3, 0.4) is 0 Å². The Morgan fingerprint density at radius 1 is 0.608 bits per heavy atom. The van der Waals surface area contributed by atoms with E-state index in [1.165, 1.54) is 12.1 Å². The molecule has 1 aromatic carbocycles. The summed E-state index contributed by atoms with van der Waals surface area (Å²) < 4.78 is 61.5. The molecule has 422 valence electrons. The van der Waals surface area contributed by atoms with Crippen LogP contribution in [0.5, 0.6) is 0 Å². The largest absolute Gasteiger partial charge is 0.444 e. The molecule has 0 aromatic heterocycles. The molecule has 1 aromatic rings. The second-order valence-corrected chi connectivity index (χ2v) is 23.6. The molecule has 0 saturated carbocycles. The first-order valence-electron chi connectivity index (χ1n) is 25.3. The molecule has 4 aliphatic rings. The van der Waals surface area contributed by atoms with Crippen molar-refractivity contribution in [2.45, 2.75) is 188 Å². The van der Waals surface area contributed by atoms with Gasteiger partial charge in [-0.25, -0.2) is 19.2 Å². The van der Waals surface area contributed by atoms with E-state index in [-0.39, 0.29) is 41.1 Å². The standard InChI is InChI=1S/C17H24N2O5S.C14H28N2O4.C10H18N2O3.C10H17NO3/c1-13-5-7-15(8-6-13)25(21,22)24-18-14-9-11-19(12-10-14)16(20)23-17(2,3)4;1-6-18-14(19-7-2)8-9-16(10-11(14)15)12(17)20-13(3,4)5;1-10(2,3)15-9(13)12-6-4-8(11-14)5-7-12;1-10(2,3)14-9(13)11-6-4-8(12)5-7-11/h5-8H,9-12H2,1-4H3;11H,6-10,15H2,1-5H3;14H,4-7H2,1-3H3;4-7H2,1-3H3. The molecule has 23 heteroatoms. The van der Waals surface area contributed by atoms with Crippen LogP contribution < -0.4 is 5.73 Å². The molecule has 0 aliphatic carbocycles. The Morgan fingerprint density at radius 3 is 1.30 bits per heavy atom. The fourth-order valence-electron chi connectivity index (χ4n) is 7.18. The minimum absolute atomic E-state index is 0.0636. The van der Waals surface area contributed by atoms with E-state index in [4.69, 9.17) is 43.6 Å². The highest BCUT2D eigenvalue weighted by Gasteiger charge is 2.45. The first-order valence-corrected chi connectivity index (χ1v) is 26.7. The van der Waals surface area contributed by atoms with Crippen molar-refractivity contribution in [3.63, 3.8) is 0 Å². The zero-order valence-electron chi connectivity index (χ0n) is 46.7. The van der Waals surface area contributed by atoms with Gasteiger partial charge in [-0.15, -0.1) is 0 Å². The van der Waals surface area contributed by atoms with Crippen LogP contribution in [0.1, 0.15) is 147 Å². The highest BCUT2D eigenvalue weighted by atomic mass is 32.2. The van der Waals surface area contributed by atoms with Gasteiger partial charge < -0.3 is 59.0 Å². The molecule has 0 bridgehead atoms. The van der Waals surface area contributed by atoms with Gasteiger partial charge in [0.05, 0.1) is 17.5 Å². The van der Waals surface area contributed by atoms with E-state index in [0.717, 1.165) is 11.3 Å². The van der Waals surface area contributed by atoms with E-state index in [0.29, 0.717) is 116 Å². The first kappa shape index (κ1) is 64.9. The van der Waals surface area contributed by atoms with Crippen LogP contribution in [-0.4, -0.2) is 175 Å². The lowest BCUT2D eigenvalue weighted by Crippen LogP contribution is -2.63. The lowest BCUT2D eigenvalue weighted by atomic mass is 9.98. The second kappa shape index (κ2) is 28.6. The maximum absolute atomic E-state index is 12.1. The zero-order chi connectivity index (χ0) is 56.3. The Balaban J connectivity index is 0.000000347. The van der Waals surface area contributed by atoms with Gasteiger partial charge in [-0.1, -0.05) is 28.0 Å². The van der Waals surface area contributed by atoms with Crippen LogP contribution in [0.15, 0.2) is 39.5 Å². The van der Waals surface area contributed by atoms with Crippen molar-refractivity contribution in [1.82, 2.24) is 19.6 Å². The van der Waals surface area contributed by atoms with E-state index in [1.807, 2.05) is 104 Å². The molecule has 4 heterocycles. The lowest BCUT2D eigenvalue weighted by molar-refractivity contribution is -0.260. The average molecular weight is 1070 g/mol. The third-order valence-corrected chi connectivity index (χ3v) is 11.9. The molecule has 0 spiro atoms. The van der Waals surface area contributed by atoms with E-state index < -0.39 is 38.3 Å². The maximum Gasteiger partial charge on any atom is 0.410 e. The van der Waals surface area contributed by atoms with E-state index in [9.17, 15) is 32.4 Å². The SMILES string of the molecule is CC(C)(C)OC(=O)N1CCC(=NO)CC1.CC(C)(C)OC(=O)N1CCC(=O)CC1.CCOC1(OCC)CCN(C(=O)OC(C)(C)C)CC1N.Cc1ccc(S(=O)(=O)ON=C2CCN(C(=O)OC(C)(C)C)CC2)cc1. The number of hydrogen-bond donors (Lipinski definition) is 2. The van der Waals surface area contributed by atoms with Crippen LogP contribution in [0.4, 0.5) is 19.2 Å². The number of Topliss-reactive ketones (excluding diaryl/α,β-unsaturated/α-hetero) is 1. The molecular formula is C51H87N7O15S. The normalized spacial score (nSPS) is 18.4. The molecule has 4 fully saturated rings. The number of carbonyl (C=O) groups excluding carboxylic acids is 5. The summed E-state index contributed by atoms with van der Waals surface area (Å²) >= 11 is 0. The van der Waals surface area contributed by atoms with Gasteiger partial charge in [0, 0.05) is 111 Å². The van der Waals surface area contributed by atoms with Crippen molar-refractivity contribution in [3.8, 4) is 0 Å². The molecule has 1 atom stereocenters. The number of ketones is 1. The zero-order valence-corrected chi connectivity index (χ0v) is 47.6. The summed E-state index contributed by atoms with van der Waals surface area (Å²) in [6.45, 7) is 32.6. The number of carbonyl (C=O) groups is 5. The highest BCUT2D eigenvalue weighted by Crippen LogP contribution is 2.28. The summed E-state index contributed by atoms with van der Waals surface area (Å²) in [5.41, 5.74) is 6.52. The number of benzene rings is 1. The van der Waals surface area contributed by atoms with E-state index >= 15 is 0 Å². The molecule has 22 nitrogen and oxygen atoms in total. The number of nitrogens with zero attached hydrogens (tertiary/aromatic N) is 6. The third kappa shape index (κ3) is 24.4. The van der Waals surface area contributed by atoms with Gasteiger partial charge >= 0.3 is 34.5 Å². The van der Waals surface area contributed by atoms with Gasteiger partial charge in [0.15, 0.2) is 5.79 Å². The first-order chi connectivity index (χ1) is 34.1. The molecule has 0 radical (unpaired) electrons. The number of nitrogens with two attached hydrogens (primary N) is 1. The van der Waals surface area contributed by atoms with Gasteiger partial charge in [0.2, 0.25) is 0 Å². The molecular weight excluding hydrogens is 983 g/mol. The summed E-state index contributed by atoms with van der Waals surface area (Å²) in [5, 5.41) is 15.5. The molecule has 4 aliphatic heterocycles. The van der Waals surface area contributed by atoms with Gasteiger partial charge in [-0.05, 0) is 116 Å². The van der Waals surface area contributed by atoms with Crippen LogP contribution >= 0.6 is 0 Å². The van der Waals surface area contributed by atoms with E-state index in [2.05, 4.69) is 10.3 Å². The van der Waals surface area contributed by atoms with Gasteiger partial charge in [0.1, 0.15) is 33.1 Å². The quantitative estimate of drug-likeness (QED) is 0.113. The van der Waals surface area contributed by atoms with Crippen LogP contribution in [-0.2, 0) is 47.6 Å². The summed E-state index contributed by atoms with van der Waals surface area (Å²) in [6, 6.07) is 5.97. The Labute approximate surface area is 439 Å². The molecule has 74 heavy (non-hydrogen) atoms. The van der Waals surface area contributed by atoms with Crippen molar-refractivity contribution < 1.29 is 70.3 Å². The Kier molecular flexibility index (Phi) is 25.1. The smallest absolute Gasteiger partial charge is 0.410 e. The second-order valence-electron chi connectivity index (χ2n) is 22.1. The van der Waals surface area contributed by atoms with Crippen LogP contribution in [0, 0.1) is 6.92 Å². The maximum atomic E-state index is 12.1. The molecule has 4 saturated heterocycles. The van der Waals surface area contributed by atoms with Crippen LogP contribution in [0.25, 0.3) is 0 Å². The van der Waals surface area contributed by atoms with Crippen molar-refractivity contribution in [2.75, 3.05) is 65.6 Å². The Bertz CT molecular complexity index is 2120. The highest BCUT2D eigenvalue weighted by molar-refractivity contribution is 7.86. The molecule has 1 unspecified atom stereocenters. The Hall–Kier alpha value is -5.26. The van der Waals surface area contributed by atoms with Crippen molar-refractivity contribution >= 4 is 51.7 Å². The number of oxime groups is 2. The summed E-state index contributed by atoms with van der Waals surface area (Å²) in [4.78, 5) is 64.6. The number of rotatable bonds is 7. The average Bonchev–Trinajstić information content (AvgIpc) is 3.28. The number of ether oxygens (including phenoxy) is 6. The molecule has 5 rings (SSSR count). The molecule has 4 amide bonds. The number of piperidine rings is 4. The fourth-order valence-corrected chi connectivity index (χ4v) is 7.94. The number of amides is 4. The number of hydrogen-bond acceptors (Lipinski definition) is 18. The van der Waals surface area contributed by atoms with Crippen LogP contribution in [0.2, 0.25) is 0 Å². The number of aryl methyl sites for hydroxylation is 1. The van der Waals surface area contributed by atoms with Gasteiger partial charge in [0.25, 0.3) is 0 Å².